The van der Waals surface area contributed by atoms with Gasteiger partial charge in [0.15, 0.2) is 0 Å². The van der Waals surface area contributed by atoms with Gasteiger partial charge in [-0.1, -0.05) is 95.2 Å². The molecule has 0 aliphatic heterocycles. The van der Waals surface area contributed by atoms with Crippen LogP contribution < -0.4 is 0 Å². The maximum Gasteiger partial charge on any atom is 0.140 e. The lowest BCUT2D eigenvalue weighted by atomic mass is 9.81. The molecule has 0 saturated heterocycles. The molecule has 0 aromatic rings. The molecule has 1 saturated carbocycles. The number of allylic oxidation sites excluding steroid dienone is 18. The molecule has 1 fully saturated rings. The van der Waals surface area contributed by atoms with E-state index in [1.165, 1.54) is 35.1 Å². The van der Waals surface area contributed by atoms with Gasteiger partial charge in [-0.05, 0) is 74.3 Å². The van der Waals surface area contributed by atoms with Crippen molar-refractivity contribution >= 4 is 5.78 Å². The Labute approximate surface area is 198 Å². The SMILES string of the molecule is O=C(CCC1=CC=C(CC2=CC=CC2)C1C1CC1)C1C=C(C2=CC=CC2)CC1C1=CC=CC1. The minimum Gasteiger partial charge on any atom is -0.299 e. The molecule has 6 aliphatic carbocycles. The topological polar surface area (TPSA) is 17.1 Å². The first-order chi connectivity index (χ1) is 16.3. The first-order valence-electron chi connectivity index (χ1n) is 13.0. The van der Waals surface area contributed by atoms with Gasteiger partial charge in [-0.15, -0.1) is 0 Å². The van der Waals surface area contributed by atoms with E-state index in [2.05, 4.69) is 72.9 Å². The van der Waals surface area contributed by atoms with Crippen LogP contribution in [0.1, 0.15) is 57.8 Å². The van der Waals surface area contributed by atoms with Gasteiger partial charge in [0.05, 0.1) is 0 Å². The summed E-state index contributed by atoms with van der Waals surface area (Å²) in [6.45, 7) is 0. The van der Waals surface area contributed by atoms with Gasteiger partial charge in [-0.2, -0.15) is 0 Å². The molecule has 0 amide bonds. The summed E-state index contributed by atoms with van der Waals surface area (Å²) >= 11 is 0. The molecule has 3 atom stereocenters. The van der Waals surface area contributed by atoms with Crippen LogP contribution in [0.25, 0.3) is 0 Å². The zero-order valence-electron chi connectivity index (χ0n) is 19.5. The predicted octanol–water partition coefficient (Wildman–Crippen LogP) is 7.84. The lowest BCUT2D eigenvalue weighted by Crippen LogP contribution is -2.20. The Morgan fingerprint density at radius 1 is 0.818 bits per heavy atom. The van der Waals surface area contributed by atoms with E-state index in [4.69, 9.17) is 0 Å². The maximum atomic E-state index is 13.6. The minimum absolute atomic E-state index is 0.0520. The van der Waals surface area contributed by atoms with Crippen molar-refractivity contribution in [2.75, 3.05) is 0 Å². The summed E-state index contributed by atoms with van der Waals surface area (Å²) in [5, 5.41) is 0. The van der Waals surface area contributed by atoms with Crippen molar-refractivity contribution in [3.63, 3.8) is 0 Å². The lowest BCUT2D eigenvalue weighted by molar-refractivity contribution is -0.122. The average molecular weight is 435 g/mol. The number of hydrogen-bond donors (Lipinski definition) is 0. The highest BCUT2D eigenvalue weighted by molar-refractivity contribution is 5.85. The number of carbonyl (C=O) groups excluding carboxylic acids is 1. The molecule has 1 heteroatoms. The fourth-order valence-electron chi connectivity index (χ4n) is 6.53. The van der Waals surface area contributed by atoms with Crippen molar-refractivity contribution in [2.24, 2.45) is 23.7 Å². The second-order valence-corrected chi connectivity index (χ2v) is 10.6. The van der Waals surface area contributed by atoms with E-state index < -0.39 is 0 Å². The van der Waals surface area contributed by atoms with Gasteiger partial charge >= 0.3 is 0 Å². The van der Waals surface area contributed by atoms with Crippen LogP contribution in [0.5, 0.6) is 0 Å². The highest BCUT2D eigenvalue weighted by atomic mass is 16.1. The molecular weight excluding hydrogens is 400 g/mol. The van der Waals surface area contributed by atoms with Crippen LogP contribution in [0.4, 0.5) is 0 Å². The van der Waals surface area contributed by atoms with E-state index in [1.54, 1.807) is 11.1 Å². The van der Waals surface area contributed by atoms with Gasteiger partial charge in [0.2, 0.25) is 0 Å². The molecule has 0 aromatic heterocycles. The lowest BCUT2D eigenvalue weighted by Gasteiger charge is -2.22. The Bertz CT molecular complexity index is 1120. The molecule has 0 spiro atoms. The number of rotatable bonds is 9. The van der Waals surface area contributed by atoms with Gasteiger partial charge in [-0.3, -0.25) is 4.79 Å². The Morgan fingerprint density at radius 3 is 2.33 bits per heavy atom. The average Bonchev–Trinajstić information content (AvgIpc) is 3.45. The largest absolute Gasteiger partial charge is 0.299 e. The monoisotopic (exact) mass is 434 g/mol. The Hall–Kier alpha value is -2.67. The van der Waals surface area contributed by atoms with Gasteiger partial charge in [0.25, 0.3) is 0 Å². The molecule has 0 bridgehead atoms. The van der Waals surface area contributed by atoms with Gasteiger partial charge in [0.1, 0.15) is 5.78 Å². The van der Waals surface area contributed by atoms with Crippen LogP contribution in [-0.4, -0.2) is 5.78 Å². The second kappa shape index (κ2) is 8.93. The zero-order valence-corrected chi connectivity index (χ0v) is 19.5. The van der Waals surface area contributed by atoms with Crippen molar-refractivity contribution in [3.8, 4) is 0 Å². The van der Waals surface area contributed by atoms with E-state index in [0.29, 0.717) is 24.0 Å². The third-order valence-electron chi connectivity index (χ3n) is 8.43. The highest BCUT2D eigenvalue weighted by Gasteiger charge is 2.39. The van der Waals surface area contributed by atoms with Crippen molar-refractivity contribution in [3.05, 3.63) is 106 Å². The van der Waals surface area contributed by atoms with Crippen molar-refractivity contribution in [2.45, 2.75) is 57.8 Å². The van der Waals surface area contributed by atoms with Crippen molar-refractivity contribution < 1.29 is 4.79 Å². The molecule has 168 valence electrons. The Morgan fingerprint density at radius 2 is 1.61 bits per heavy atom. The summed E-state index contributed by atoms with van der Waals surface area (Å²) in [6, 6.07) is 0. The van der Waals surface area contributed by atoms with Gasteiger partial charge < -0.3 is 0 Å². The van der Waals surface area contributed by atoms with Crippen LogP contribution in [0.3, 0.4) is 0 Å². The van der Waals surface area contributed by atoms with E-state index >= 15 is 0 Å². The number of ketones is 1. The molecule has 1 nitrogen and oxygen atoms in total. The van der Waals surface area contributed by atoms with Crippen molar-refractivity contribution in [1.82, 2.24) is 0 Å². The fourth-order valence-corrected chi connectivity index (χ4v) is 6.53. The van der Waals surface area contributed by atoms with E-state index in [1.807, 2.05) is 0 Å². The molecule has 33 heavy (non-hydrogen) atoms. The second-order valence-electron chi connectivity index (χ2n) is 10.6. The molecule has 0 radical (unpaired) electrons. The van der Waals surface area contributed by atoms with E-state index in [-0.39, 0.29) is 5.92 Å². The third kappa shape index (κ3) is 4.31. The van der Waals surface area contributed by atoms with Crippen LogP contribution in [0.15, 0.2) is 106 Å². The summed E-state index contributed by atoms with van der Waals surface area (Å²) in [7, 11) is 0. The van der Waals surface area contributed by atoms with Crippen LogP contribution in [0.2, 0.25) is 0 Å². The maximum absolute atomic E-state index is 13.6. The van der Waals surface area contributed by atoms with Gasteiger partial charge in [0, 0.05) is 18.3 Å². The third-order valence-corrected chi connectivity index (χ3v) is 8.43. The summed E-state index contributed by atoms with van der Waals surface area (Å²) in [5.74, 6) is 2.27. The van der Waals surface area contributed by atoms with Gasteiger partial charge in [-0.25, -0.2) is 0 Å². The minimum atomic E-state index is 0.0520. The standard InChI is InChI=1S/C32H34O/c33-31(30-21-28(23-9-3-4-10-23)20-29(30)24-11-5-6-12-24)18-17-26-15-16-27(32(26)25-13-14-25)19-22-7-1-2-8-22/h1-7,9,11,15-16,21,25,29-30,32H,8,10,12-14,17-20H2. The summed E-state index contributed by atoms with van der Waals surface area (Å²) < 4.78 is 0. The molecular formula is C32H34O. The Kier molecular flexibility index (Phi) is 5.66. The smallest absolute Gasteiger partial charge is 0.140 e. The number of Topliss-reactive ketones (excluding diaryl/α,β-unsaturated/α-hetero) is 1. The van der Waals surface area contributed by atoms with Crippen LogP contribution >= 0.6 is 0 Å². The first-order valence-corrected chi connectivity index (χ1v) is 13.0. The molecule has 0 aromatic carbocycles. The number of carbonyl (C=O) groups is 1. The van der Waals surface area contributed by atoms with Crippen molar-refractivity contribution in [1.29, 1.82) is 0 Å². The first kappa shape index (κ1) is 20.9. The van der Waals surface area contributed by atoms with Crippen LogP contribution in [0, 0.1) is 23.7 Å². The van der Waals surface area contributed by atoms with E-state index in [0.717, 1.165) is 44.4 Å². The fraction of sp³-hybridized carbons (Fsp3) is 0.406. The summed E-state index contributed by atoms with van der Waals surface area (Å²) in [6.07, 6.45) is 36.7. The quantitative estimate of drug-likeness (QED) is 0.361. The molecule has 0 heterocycles. The molecule has 6 rings (SSSR count). The highest BCUT2D eigenvalue weighted by Crippen LogP contribution is 2.50. The zero-order chi connectivity index (χ0) is 22.2. The molecule has 0 N–H and O–H groups in total. The van der Waals surface area contributed by atoms with E-state index in [9.17, 15) is 4.79 Å². The molecule has 6 aliphatic rings. The number of hydrogen-bond acceptors (Lipinski definition) is 1. The summed E-state index contributed by atoms with van der Waals surface area (Å²) in [5.41, 5.74) is 8.94. The Balaban J connectivity index is 1.12. The molecule has 3 unspecified atom stereocenters. The normalized spacial score (nSPS) is 29.9. The van der Waals surface area contributed by atoms with Crippen LogP contribution in [-0.2, 0) is 4.79 Å². The predicted molar refractivity (Wildman–Crippen MR) is 136 cm³/mol. The summed E-state index contributed by atoms with van der Waals surface area (Å²) in [4.78, 5) is 13.6.